The van der Waals surface area contributed by atoms with Crippen molar-refractivity contribution in [2.24, 2.45) is 5.92 Å². The lowest BCUT2D eigenvalue weighted by Gasteiger charge is -2.29. The third-order valence-corrected chi connectivity index (χ3v) is 3.03. The van der Waals surface area contributed by atoms with Crippen molar-refractivity contribution in [1.82, 2.24) is 4.90 Å². The van der Waals surface area contributed by atoms with E-state index < -0.39 is 0 Å². The van der Waals surface area contributed by atoms with Gasteiger partial charge in [-0.1, -0.05) is 0 Å². The van der Waals surface area contributed by atoms with E-state index in [2.05, 4.69) is 31.9 Å². The van der Waals surface area contributed by atoms with Crippen molar-refractivity contribution in [3.8, 4) is 6.07 Å². The maximum atomic E-state index is 8.54. The molecule has 2 nitrogen and oxygen atoms in total. The van der Waals surface area contributed by atoms with Gasteiger partial charge in [-0.05, 0) is 39.7 Å². The van der Waals surface area contributed by atoms with Crippen LogP contribution in [0.25, 0.3) is 0 Å². The Balaban J connectivity index is 2.34. The molecule has 1 rings (SSSR count). The molecule has 0 heterocycles. The highest BCUT2D eigenvalue weighted by Crippen LogP contribution is 2.35. The van der Waals surface area contributed by atoms with Gasteiger partial charge in [-0.3, -0.25) is 4.90 Å². The minimum absolute atomic E-state index is 0.408. The molecule has 2 atom stereocenters. The van der Waals surface area contributed by atoms with Gasteiger partial charge in [0.15, 0.2) is 0 Å². The molecule has 0 radical (unpaired) electrons. The summed E-state index contributed by atoms with van der Waals surface area (Å²) in [7, 11) is 2.13. The molecule has 2 heteroatoms. The molecule has 1 aliphatic rings. The summed E-state index contributed by atoms with van der Waals surface area (Å²) >= 11 is 0. The van der Waals surface area contributed by atoms with Gasteiger partial charge in [0, 0.05) is 12.1 Å². The summed E-state index contributed by atoms with van der Waals surface area (Å²) in [4.78, 5) is 2.33. The smallest absolute Gasteiger partial charge is 0.0638 e. The second kappa shape index (κ2) is 3.91. The molecular weight excluding hydrogens is 148 g/mol. The summed E-state index contributed by atoms with van der Waals surface area (Å²) in [6.45, 7) is 4.40. The van der Waals surface area contributed by atoms with Gasteiger partial charge in [0.2, 0.25) is 0 Å². The van der Waals surface area contributed by atoms with Gasteiger partial charge < -0.3 is 0 Å². The zero-order valence-electron chi connectivity index (χ0n) is 8.25. The van der Waals surface area contributed by atoms with E-state index >= 15 is 0 Å². The first-order valence-electron chi connectivity index (χ1n) is 4.75. The van der Waals surface area contributed by atoms with E-state index in [4.69, 9.17) is 5.26 Å². The van der Waals surface area contributed by atoms with Crippen LogP contribution in [0.4, 0.5) is 0 Å². The topological polar surface area (TPSA) is 27.0 Å². The molecule has 2 unspecified atom stereocenters. The molecular formula is C10H18N2. The minimum atomic E-state index is 0.408. The predicted octanol–water partition coefficient (Wildman–Crippen LogP) is 2.02. The molecule has 1 aliphatic carbocycles. The Morgan fingerprint density at radius 2 is 2.08 bits per heavy atom. The molecule has 0 amide bonds. The van der Waals surface area contributed by atoms with E-state index in [9.17, 15) is 0 Å². The van der Waals surface area contributed by atoms with Crippen molar-refractivity contribution in [2.75, 3.05) is 7.05 Å². The summed E-state index contributed by atoms with van der Waals surface area (Å²) < 4.78 is 0. The maximum absolute atomic E-state index is 8.54. The molecule has 1 saturated carbocycles. The first-order valence-corrected chi connectivity index (χ1v) is 4.75. The summed E-state index contributed by atoms with van der Waals surface area (Å²) in [6.07, 6.45) is 3.41. The Morgan fingerprint density at radius 3 is 2.50 bits per heavy atom. The molecule has 0 bridgehead atoms. The second-order valence-electron chi connectivity index (χ2n) is 3.95. The van der Waals surface area contributed by atoms with Crippen LogP contribution in [-0.2, 0) is 0 Å². The van der Waals surface area contributed by atoms with Gasteiger partial charge in [-0.2, -0.15) is 5.26 Å². The molecule has 68 valence electrons. The lowest BCUT2D eigenvalue weighted by molar-refractivity contribution is 0.180. The molecule has 12 heavy (non-hydrogen) atoms. The van der Waals surface area contributed by atoms with Crippen LogP contribution in [0.3, 0.4) is 0 Å². The van der Waals surface area contributed by atoms with Crippen LogP contribution < -0.4 is 0 Å². The van der Waals surface area contributed by atoms with Crippen molar-refractivity contribution in [3.05, 3.63) is 0 Å². The summed E-state index contributed by atoms with van der Waals surface area (Å²) in [6, 6.07) is 3.29. The molecule has 0 aromatic carbocycles. The highest BCUT2D eigenvalue weighted by atomic mass is 15.2. The Bertz CT molecular complexity index is 179. The van der Waals surface area contributed by atoms with E-state index in [1.807, 2.05) is 0 Å². The number of hydrogen-bond acceptors (Lipinski definition) is 2. The van der Waals surface area contributed by atoms with Crippen LogP contribution in [0, 0.1) is 17.2 Å². The minimum Gasteiger partial charge on any atom is -0.300 e. The molecule has 0 N–H and O–H groups in total. The largest absolute Gasteiger partial charge is 0.300 e. The van der Waals surface area contributed by atoms with Crippen molar-refractivity contribution in [3.63, 3.8) is 0 Å². The quantitative estimate of drug-likeness (QED) is 0.639. The van der Waals surface area contributed by atoms with E-state index in [1.165, 1.54) is 12.8 Å². The van der Waals surface area contributed by atoms with Crippen LogP contribution >= 0.6 is 0 Å². The Hall–Kier alpha value is -0.550. The average molecular weight is 166 g/mol. The Kier molecular flexibility index (Phi) is 3.11. The molecule has 0 aromatic rings. The van der Waals surface area contributed by atoms with E-state index in [0.29, 0.717) is 18.5 Å². The third-order valence-electron chi connectivity index (χ3n) is 3.03. The fourth-order valence-electron chi connectivity index (χ4n) is 1.59. The lowest BCUT2D eigenvalue weighted by Crippen LogP contribution is -2.37. The zero-order valence-corrected chi connectivity index (χ0v) is 8.25. The van der Waals surface area contributed by atoms with Crippen LogP contribution in [0.2, 0.25) is 0 Å². The van der Waals surface area contributed by atoms with Gasteiger partial charge in [-0.15, -0.1) is 0 Å². The van der Waals surface area contributed by atoms with Crippen molar-refractivity contribution in [2.45, 2.75) is 45.2 Å². The fraction of sp³-hybridized carbons (Fsp3) is 0.900. The maximum Gasteiger partial charge on any atom is 0.0638 e. The first-order chi connectivity index (χ1) is 5.66. The Labute approximate surface area is 75.2 Å². The second-order valence-corrected chi connectivity index (χ2v) is 3.95. The van der Waals surface area contributed by atoms with Gasteiger partial charge in [0.25, 0.3) is 0 Å². The van der Waals surface area contributed by atoms with Crippen molar-refractivity contribution >= 4 is 0 Å². The van der Waals surface area contributed by atoms with Crippen LogP contribution in [-0.4, -0.2) is 24.0 Å². The monoisotopic (exact) mass is 166 g/mol. The van der Waals surface area contributed by atoms with Crippen LogP contribution in [0.1, 0.15) is 33.1 Å². The summed E-state index contributed by atoms with van der Waals surface area (Å²) in [5.74, 6) is 0.899. The normalized spacial score (nSPS) is 21.9. The number of rotatable bonds is 4. The van der Waals surface area contributed by atoms with Crippen LogP contribution in [0.15, 0.2) is 0 Å². The molecule has 0 saturated heterocycles. The first kappa shape index (κ1) is 9.54. The summed E-state index contributed by atoms with van der Waals surface area (Å²) in [5.41, 5.74) is 0. The molecule has 0 aliphatic heterocycles. The van der Waals surface area contributed by atoms with E-state index in [-0.39, 0.29) is 0 Å². The third kappa shape index (κ3) is 2.22. The number of nitrogens with zero attached hydrogens (tertiary/aromatic N) is 2. The highest BCUT2D eigenvalue weighted by Gasteiger charge is 2.31. The van der Waals surface area contributed by atoms with E-state index in [1.54, 1.807) is 0 Å². The van der Waals surface area contributed by atoms with Crippen LogP contribution in [0.5, 0.6) is 0 Å². The standard InChI is InChI=1S/C10H18N2/c1-8(6-7-11)12(3)9(2)10-4-5-10/h8-10H,4-6H2,1-3H3. The fourth-order valence-corrected chi connectivity index (χ4v) is 1.59. The molecule has 1 fully saturated rings. The molecule has 0 aromatic heterocycles. The summed E-state index contributed by atoms with van der Waals surface area (Å²) in [5, 5.41) is 8.54. The van der Waals surface area contributed by atoms with Gasteiger partial charge >= 0.3 is 0 Å². The number of hydrogen-bond donors (Lipinski definition) is 0. The van der Waals surface area contributed by atoms with E-state index in [0.717, 1.165) is 5.92 Å². The van der Waals surface area contributed by atoms with Gasteiger partial charge in [0.05, 0.1) is 12.5 Å². The number of nitriles is 1. The molecule has 0 spiro atoms. The predicted molar refractivity (Wildman–Crippen MR) is 49.6 cm³/mol. The highest BCUT2D eigenvalue weighted by molar-refractivity contribution is 4.88. The zero-order chi connectivity index (χ0) is 9.14. The lowest BCUT2D eigenvalue weighted by atomic mass is 10.1. The van der Waals surface area contributed by atoms with Gasteiger partial charge in [-0.25, -0.2) is 0 Å². The van der Waals surface area contributed by atoms with Gasteiger partial charge in [0.1, 0.15) is 0 Å². The van der Waals surface area contributed by atoms with Crippen molar-refractivity contribution < 1.29 is 0 Å². The Morgan fingerprint density at radius 1 is 1.50 bits per heavy atom. The van der Waals surface area contributed by atoms with Crippen molar-refractivity contribution in [1.29, 1.82) is 5.26 Å². The average Bonchev–Trinajstić information content (AvgIpc) is 2.84. The SMILES string of the molecule is CC(CC#N)N(C)C(C)C1CC1.